The molecule has 1 saturated carbocycles. The highest BCUT2D eigenvalue weighted by molar-refractivity contribution is 6.11. The van der Waals surface area contributed by atoms with Crippen molar-refractivity contribution in [3.8, 4) is 0 Å². The number of hydrogen-bond acceptors (Lipinski definition) is 3. The lowest BCUT2D eigenvalue weighted by Crippen LogP contribution is -2.48. The zero-order chi connectivity index (χ0) is 19.9. The smallest absolute Gasteiger partial charge is 0.241 e. The Morgan fingerprint density at radius 3 is 2.57 bits per heavy atom. The van der Waals surface area contributed by atoms with Gasteiger partial charge in [0, 0.05) is 31.5 Å². The van der Waals surface area contributed by atoms with Crippen LogP contribution >= 0.6 is 0 Å². The zero-order valence-electron chi connectivity index (χ0n) is 16.9. The molecule has 2 heterocycles. The van der Waals surface area contributed by atoms with Crippen LogP contribution < -0.4 is 0 Å². The maximum absolute atomic E-state index is 13.6. The van der Waals surface area contributed by atoms with Gasteiger partial charge in [0.2, 0.25) is 17.7 Å². The molecule has 0 unspecified atom stereocenters. The second-order valence-corrected chi connectivity index (χ2v) is 8.70. The minimum atomic E-state index is -1.04. The lowest BCUT2D eigenvalue weighted by Gasteiger charge is -2.38. The molecule has 0 aromatic heterocycles. The minimum absolute atomic E-state index is 0.0219. The fourth-order valence-electron chi connectivity index (χ4n) is 5.13. The molecule has 0 bridgehead atoms. The molecule has 1 aliphatic carbocycles. The standard InChI is InChI=1S/C23H30N2O3/c1-3-17-9-6-7-13-24(17)20(26)14-23(19-10-5-4-8-16(19)2)15-21(27)25(22(23)28)18-11-12-18/h4-5,8,10,17-18H,3,6-7,9,11-15H2,1-2H3/t17-,23+/m0/s1. The van der Waals surface area contributed by atoms with Crippen molar-refractivity contribution in [1.29, 1.82) is 0 Å². The van der Waals surface area contributed by atoms with Gasteiger partial charge in [-0.15, -0.1) is 0 Å². The van der Waals surface area contributed by atoms with Crippen LogP contribution in [-0.4, -0.2) is 46.1 Å². The maximum atomic E-state index is 13.6. The molecular formula is C23H30N2O3. The van der Waals surface area contributed by atoms with Crippen LogP contribution in [0, 0.1) is 6.92 Å². The Balaban J connectivity index is 1.70. The molecule has 1 aromatic carbocycles. The molecule has 4 rings (SSSR count). The number of likely N-dealkylation sites (tertiary alicyclic amines) is 2. The monoisotopic (exact) mass is 382 g/mol. The van der Waals surface area contributed by atoms with E-state index in [1.807, 2.05) is 36.1 Å². The predicted molar refractivity (Wildman–Crippen MR) is 107 cm³/mol. The van der Waals surface area contributed by atoms with Crippen LogP contribution in [0.5, 0.6) is 0 Å². The first-order chi connectivity index (χ1) is 13.5. The molecule has 1 aromatic rings. The van der Waals surface area contributed by atoms with Crippen LogP contribution in [0.15, 0.2) is 24.3 Å². The second-order valence-electron chi connectivity index (χ2n) is 8.70. The van der Waals surface area contributed by atoms with Gasteiger partial charge in [0.25, 0.3) is 0 Å². The lowest BCUT2D eigenvalue weighted by atomic mass is 9.73. The number of hydrogen-bond donors (Lipinski definition) is 0. The first-order valence-corrected chi connectivity index (χ1v) is 10.7. The van der Waals surface area contributed by atoms with E-state index in [1.165, 1.54) is 4.90 Å². The first kappa shape index (κ1) is 19.2. The van der Waals surface area contributed by atoms with Gasteiger partial charge in [-0.05, 0) is 56.6 Å². The molecule has 3 fully saturated rings. The molecule has 0 radical (unpaired) electrons. The SMILES string of the molecule is CC[C@H]1CCCCN1C(=O)C[C@]1(c2ccccc2C)CC(=O)N(C2CC2)C1=O. The summed E-state index contributed by atoms with van der Waals surface area (Å²) in [7, 11) is 0. The fourth-order valence-corrected chi connectivity index (χ4v) is 5.13. The minimum Gasteiger partial charge on any atom is -0.340 e. The van der Waals surface area contributed by atoms with E-state index in [1.54, 1.807) is 0 Å². The molecule has 3 amide bonds. The van der Waals surface area contributed by atoms with E-state index in [2.05, 4.69) is 6.92 Å². The van der Waals surface area contributed by atoms with Gasteiger partial charge >= 0.3 is 0 Å². The Hall–Kier alpha value is -2.17. The van der Waals surface area contributed by atoms with Crippen molar-refractivity contribution in [3.63, 3.8) is 0 Å². The Morgan fingerprint density at radius 1 is 1.14 bits per heavy atom. The Morgan fingerprint density at radius 2 is 1.89 bits per heavy atom. The number of carbonyl (C=O) groups is 3. The highest BCUT2D eigenvalue weighted by Crippen LogP contribution is 2.45. The average molecular weight is 383 g/mol. The van der Waals surface area contributed by atoms with Gasteiger partial charge in [0.15, 0.2) is 0 Å². The Bertz CT molecular complexity index is 801. The van der Waals surface area contributed by atoms with Gasteiger partial charge in [0.05, 0.1) is 5.41 Å². The molecule has 2 atom stereocenters. The molecule has 0 N–H and O–H groups in total. The molecule has 150 valence electrons. The fraction of sp³-hybridized carbons (Fsp3) is 0.609. The number of amides is 3. The number of rotatable bonds is 5. The Kier molecular flexibility index (Phi) is 5.02. The first-order valence-electron chi connectivity index (χ1n) is 10.7. The highest BCUT2D eigenvalue weighted by atomic mass is 16.2. The van der Waals surface area contributed by atoms with Crippen molar-refractivity contribution in [2.45, 2.75) is 82.7 Å². The Labute approximate surface area is 167 Å². The second kappa shape index (κ2) is 7.34. The van der Waals surface area contributed by atoms with Gasteiger partial charge in [-0.25, -0.2) is 0 Å². The molecule has 3 aliphatic rings. The van der Waals surface area contributed by atoms with Crippen molar-refractivity contribution < 1.29 is 14.4 Å². The predicted octanol–water partition coefficient (Wildman–Crippen LogP) is 3.34. The van der Waals surface area contributed by atoms with Crippen molar-refractivity contribution in [2.75, 3.05) is 6.54 Å². The maximum Gasteiger partial charge on any atom is 0.241 e. The molecule has 0 spiro atoms. The van der Waals surface area contributed by atoms with Crippen LogP contribution in [0.1, 0.15) is 69.4 Å². The molecule has 2 aliphatic heterocycles. The zero-order valence-corrected chi connectivity index (χ0v) is 16.9. The largest absolute Gasteiger partial charge is 0.340 e. The van der Waals surface area contributed by atoms with Crippen LogP contribution in [0.4, 0.5) is 0 Å². The number of nitrogens with zero attached hydrogens (tertiary/aromatic N) is 2. The van der Waals surface area contributed by atoms with Gasteiger partial charge in [-0.3, -0.25) is 19.3 Å². The summed E-state index contributed by atoms with van der Waals surface area (Å²) in [5, 5.41) is 0. The molecule has 28 heavy (non-hydrogen) atoms. The summed E-state index contributed by atoms with van der Waals surface area (Å²) in [6, 6.07) is 8.03. The normalized spacial score (nSPS) is 28.1. The number of imide groups is 1. The summed E-state index contributed by atoms with van der Waals surface area (Å²) in [5.74, 6) is -0.254. The summed E-state index contributed by atoms with van der Waals surface area (Å²) in [6.45, 7) is 4.84. The van der Waals surface area contributed by atoms with E-state index in [9.17, 15) is 14.4 Å². The quantitative estimate of drug-likeness (QED) is 0.734. The van der Waals surface area contributed by atoms with Crippen molar-refractivity contribution in [3.05, 3.63) is 35.4 Å². The summed E-state index contributed by atoms with van der Waals surface area (Å²) < 4.78 is 0. The van der Waals surface area contributed by atoms with Gasteiger partial charge in [0.1, 0.15) is 0 Å². The van der Waals surface area contributed by atoms with Crippen LogP contribution in [-0.2, 0) is 19.8 Å². The summed E-state index contributed by atoms with van der Waals surface area (Å²) in [4.78, 5) is 43.2. The molecule has 5 nitrogen and oxygen atoms in total. The number of benzene rings is 1. The topological polar surface area (TPSA) is 57.7 Å². The van der Waals surface area contributed by atoms with Gasteiger partial charge < -0.3 is 4.90 Å². The van der Waals surface area contributed by atoms with Crippen LogP contribution in [0.2, 0.25) is 0 Å². The van der Waals surface area contributed by atoms with Gasteiger partial charge in [-0.1, -0.05) is 31.2 Å². The molecular weight excluding hydrogens is 352 g/mol. The van der Waals surface area contributed by atoms with E-state index in [-0.39, 0.29) is 42.6 Å². The van der Waals surface area contributed by atoms with Crippen molar-refractivity contribution in [2.24, 2.45) is 0 Å². The van der Waals surface area contributed by atoms with E-state index < -0.39 is 5.41 Å². The summed E-state index contributed by atoms with van der Waals surface area (Å²) in [5.41, 5.74) is 0.771. The van der Waals surface area contributed by atoms with Crippen LogP contribution in [0.25, 0.3) is 0 Å². The lowest BCUT2D eigenvalue weighted by molar-refractivity contribution is -0.144. The van der Waals surface area contributed by atoms with Crippen molar-refractivity contribution >= 4 is 17.7 Å². The summed E-state index contributed by atoms with van der Waals surface area (Å²) in [6.07, 6.45) is 6.12. The third-order valence-electron chi connectivity index (χ3n) is 6.79. The van der Waals surface area contributed by atoms with E-state index >= 15 is 0 Å². The van der Waals surface area contributed by atoms with E-state index in [0.717, 1.165) is 56.2 Å². The molecule has 2 saturated heterocycles. The van der Waals surface area contributed by atoms with E-state index in [4.69, 9.17) is 0 Å². The van der Waals surface area contributed by atoms with E-state index in [0.29, 0.717) is 0 Å². The van der Waals surface area contributed by atoms with Crippen molar-refractivity contribution in [1.82, 2.24) is 9.80 Å². The average Bonchev–Trinajstić information content (AvgIpc) is 3.49. The van der Waals surface area contributed by atoms with Gasteiger partial charge in [-0.2, -0.15) is 0 Å². The third-order valence-corrected chi connectivity index (χ3v) is 6.79. The summed E-state index contributed by atoms with van der Waals surface area (Å²) >= 11 is 0. The number of piperidine rings is 1. The van der Waals surface area contributed by atoms with Crippen LogP contribution in [0.3, 0.4) is 0 Å². The third kappa shape index (κ3) is 3.15. The molecule has 5 heteroatoms. The number of aryl methyl sites for hydroxylation is 1. The highest BCUT2D eigenvalue weighted by Gasteiger charge is 2.57. The number of carbonyl (C=O) groups excluding carboxylic acids is 3.